The van der Waals surface area contributed by atoms with Gasteiger partial charge in [-0.05, 0) is 17.0 Å². The van der Waals surface area contributed by atoms with Gasteiger partial charge in [-0.2, -0.15) is 0 Å². The smallest absolute Gasteiger partial charge is 0.337 e. The summed E-state index contributed by atoms with van der Waals surface area (Å²) in [6.45, 7) is 5.13. The second kappa shape index (κ2) is 16.0. The number of esters is 2. The molecule has 0 heterocycles. The van der Waals surface area contributed by atoms with Crippen molar-refractivity contribution in [2.45, 2.75) is 45.9 Å². The van der Waals surface area contributed by atoms with Crippen molar-refractivity contribution in [3.05, 3.63) is 71.8 Å². The van der Waals surface area contributed by atoms with Crippen LogP contribution in [0.25, 0.3) is 0 Å². The van der Waals surface area contributed by atoms with Crippen molar-refractivity contribution in [3.63, 3.8) is 0 Å². The number of rotatable bonds is 14. The van der Waals surface area contributed by atoms with Gasteiger partial charge in [-0.3, -0.25) is 4.79 Å². The fourth-order valence-electron chi connectivity index (χ4n) is 3.55. The summed E-state index contributed by atoms with van der Waals surface area (Å²) in [5.74, 6) is -1.75. The molecule has 0 aliphatic heterocycles. The number of ether oxygens (including phenoxy) is 2. The van der Waals surface area contributed by atoms with Gasteiger partial charge in [0, 0.05) is 19.9 Å². The van der Waals surface area contributed by atoms with E-state index in [1.54, 1.807) is 12.1 Å². The van der Waals surface area contributed by atoms with Crippen LogP contribution in [0.15, 0.2) is 60.7 Å². The van der Waals surface area contributed by atoms with Gasteiger partial charge in [-0.15, -0.1) is 0 Å². The van der Waals surface area contributed by atoms with E-state index in [4.69, 9.17) is 9.47 Å². The van der Waals surface area contributed by atoms with Gasteiger partial charge in [0.25, 0.3) is 0 Å². The van der Waals surface area contributed by atoms with Crippen LogP contribution in [0.5, 0.6) is 0 Å². The van der Waals surface area contributed by atoms with Gasteiger partial charge in [0.2, 0.25) is 5.91 Å². The first-order valence-electron chi connectivity index (χ1n) is 12.5. The molecular formula is C28H37N3O7. The maximum Gasteiger partial charge on any atom is 0.337 e. The highest BCUT2D eigenvalue weighted by Crippen LogP contribution is 2.09. The van der Waals surface area contributed by atoms with Crippen LogP contribution >= 0.6 is 0 Å². The summed E-state index contributed by atoms with van der Waals surface area (Å²) in [6, 6.07) is 16.5. The van der Waals surface area contributed by atoms with Crippen LogP contribution in [-0.2, 0) is 36.9 Å². The van der Waals surface area contributed by atoms with Gasteiger partial charge < -0.3 is 30.1 Å². The third kappa shape index (κ3) is 11.4. The molecule has 10 nitrogen and oxygen atoms in total. The van der Waals surface area contributed by atoms with Gasteiger partial charge >= 0.3 is 18.0 Å². The maximum absolute atomic E-state index is 13.2. The minimum Gasteiger partial charge on any atom is -0.462 e. The van der Waals surface area contributed by atoms with E-state index in [1.165, 1.54) is 11.8 Å². The van der Waals surface area contributed by atoms with Gasteiger partial charge in [0.15, 0.2) is 6.10 Å². The molecule has 0 saturated carbocycles. The summed E-state index contributed by atoms with van der Waals surface area (Å²) in [7, 11) is 0. The lowest BCUT2D eigenvalue weighted by molar-refractivity contribution is -0.155. The molecule has 3 amide bonds. The zero-order valence-corrected chi connectivity index (χ0v) is 22.1. The van der Waals surface area contributed by atoms with E-state index in [0.29, 0.717) is 0 Å². The van der Waals surface area contributed by atoms with Crippen LogP contribution in [0.1, 0.15) is 31.9 Å². The Morgan fingerprint density at radius 1 is 0.868 bits per heavy atom. The van der Waals surface area contributed by atoms with Crippen LogP contribution in [-0.4, -0.2) is 72.3 Å². The average Bonchev–Trinajstić information content (AvgIpc) is 2.89. The first-order valence-corrected chi connectivity index (χ1v) is 12.5. The highest BCUT2D eigenvalue weighted by atomic mass is 16.5. The Hall–Kier alpha value is -3.92. The Kier molecular flexibility index (Phi) is 12.8. The van der Waals surface area contributed by atoms with Crippen molar-refractivity contribution in [1.82, 2.24) is 15.5 Å². The number of hydrogen-bond donors (Lipinski definition) is 3. The number of carbonyl (C=O) groups excluding carboxylic acids is 4. The Bertz CT molecular complexity index is 1030. The summed E-state index contributed by atoms with van der Waals surface area (Å²) >= 11 is 0. The quantitative estimate of drug-likeness (QED) is 0.253. The minimum absolute atomic E-state index is 0.00339. The fraction of sp³-hybridized carbons (Fsp3) is 0.429. The first kappa shape index (κ1) is 30.3. The van der Waals surface area contributed by atoms with Crippen LogP contribution < -0.4 is 10.6 Å². The zero-order chi connectivity index (χ0) is 27.9. The molecule has 2 aromatic carbocycles. The number of urea groups is 1. The van der Waals surface area contributed by atoms with Gasteiger partial charge in [0.05, 0.1) is 13.1 Å². The van der Waals surface area contributed by atoms with Crippen molar-refractivity contribution >= 4 is 23.9 Å². The van der Waals surface area contributed by atoms with Gasteiger partial charge in [0.1, 0.15) is 19.3 Å². The number of amides is 3. The molecule has 0 aliphatic rings. The molecule has 10 heteroatoms. The lowest BCUT2D eigenvalue weighted by Crippen LogP contribution is -2.52. The van der Waals surface area contributed by atoms with Crippen LogP contribution in [0.2, 0.25) is 0 Å². The van der Waals surface area contributed by atoms with E-state index in [1.807, 2.05) is 62.4 Å². The number of benzene rings is 2. The lowest BCUT2D eigenvalue weighted by Gasteiger charge is -2.28. The summed E-state index contributed by atoms with van der Waals surface area (Å²) < 4.78 is 10.5. The first-order chi connectivity index (χ1) is 18.2. The minimum atomic E-state index is -1.57. The van der Waals surface area contributed by atoms with Gasteiger partial charge in [-0.1, -0.05) is 74.5 Å². The number of nitrogens with zero attached hydrogens (tertiary/aromatic N) is 1. The highest BCUT2D eigenvalue weighted by molar-refractivity contribution is 5.84. The van der Waals surface area contributed by atoms with E-state index < -0.39 is 30.1 Å². The maximum atomic E-state index is 13.2. The molecular weight excluding hydrogens is 490 g/mol. The second-order valence-electron chi connectivity index (χ2n) is 9.25. The van der Waals surface area contributed by atoms with Crippen molar-refractivity contribution < 1.29 is 33.8 Å². The van der Waals surface area contributed by atoms with E-state index in [2.05, 4.69) is 10.6 Å². The molecule has 2 rings (SSSR count). The number of aliphatic hydroxyl groups excluding tert-OH is 1. The third-order valence-electron chi connectivity index (χ3n) is 5.35. The normalized spacial score (nSPS) is 12.2. The Balaban J connectivity index is 2.05. The number of nitrogens with one attached hydrogen (secondary N) is 2. The summed E-state index contributed by atoms with van der Waals surface area (Å²) in [4.78, 5) is 50.8. The summed E-state index contributed by atoms with van der Waals surface area (Å²) in [5.41, 5.74) is 1.57. The van der Waals surface area contributed by atoms with Crippen LogP contribution in [0, 0.1) is 5.92 Å². The monoisotopic (exact) mass is 527 g/mol. The Labute approximate surface area is 223 Å². The molecule has 0 aliphatic carbocycles. The largest absolute Gasteiger partial charge is 0.462 e. The molecule has 2 aromatic rings. The molecule has 0 radical (unpaired) electrons. The van der Waals surface area contributed by atoms with Crippen molar-refractivity contribution in [3.8, 4) is 0 Å². The van der Waals surface area contributed by atoms with Crippen molar-refractivity contribution in [2.24, 2.45) is 5.92 Å². The summed E-state index contributed by atoms with van der Waals surface area (Å²) in [5, 5.41) is 15.7. The van der Waals surface area contributed by atoms with E-state index in [0.717, 1.165) is 11.1 Å². The summed E-state index contributed by atoms with van der Waals surface area (Å²) in [6.07, 6.45) is -1.40. The molecule has 0 saturated heterocycles. The third-order valence-corrected chi connectivity index (χ3v) is 5.35. The Morgan fingerprint density at radius 2 is 1.47 bits per heavy atom. The van der Waals surface area contributed by atoms with Crippen molar-refractivity contribution in [2.75, 3.05) is 26.2 Å². The average molecular weight is 528 g/mol. The predicted molar refractivity (Wildman–Crippen MR) is 141 cm³/mol. The Morgan fingerprint density at radius 3 is 2.05 bits per heavy atom. The molecule has 0 spiro atoms. The molecule has 2 atom stereocenters. The topological polar surface area (TPSA) is 134 Å². The standard InChI is InChI=1S/C28H37N3O7/c1-20(2)17-31(18-25(33)27(35)38-19-23-12-8-5-9-13-23)28(36)30-24(16-22-10-6-4-7-11-22)26(34)37-15-14-29-21(3)32/h4-13,20,24-25,33H,14-19H2,1-3H3,(H,29,32)(H,30,36)/t24-,25-/m0/s1. The van der Waals surface area contributed by atoms with E-state index in [-0.39, 0.29) is 51.1 Å². The number of aliphatic hydroxyl groups is 1. The SMILES string of the molecule is CC(=O)NCCOC(=O)[C@H](Cc1ccccc1)NC(=O)N(CC(C)C)C[C@H](O)C(=O)OCc1ccccc1. The van der Waals surface area contributed by atoms with E-state index >= 15 is 0 Å². The molecule has 0 aromatic heterocycles. The molecule has 3 N–H and O–H groups in total. The number of carbonyl (C=O) groups is 4. The lowest BCUT2D eigenvalue weighted by atomic mass is 10.1. The molecule has 38 heavy (non-hydrogen) atoms. The zero-order valence-electron chi connectivity index (χ0n) is 22.1. The number of hydrogen-bond acceptors (Lipinski definition) is 7. The van der Waals surface area contributed by atoms with Gasteiger partial charge in [-0.25, -0.2) is 14.4 Å². The van der Waals surface area contributed by atoms with E-state index in [9.17, 15) is 24.3 Å². The molecule has 0 bridgehead atoms. The predicted octanol–water partition coefficient (Wildman–Crippen LogP) is 2.05. The highest BCUT2D eigenvalue weighted by Gasteiger charge is 2.29. The molecule has 0 fully saturated rings. The molecule has 206 valence electrons. The molecule has 0 unspecified atom stereocenters. The van der Waals surface area contributed by atoms with Crippen molar-refractivity contribution in [1.29, 1.82) is 0 Å². The van der Waals surface area contributed by atoms with Crippen LogP contribution in [0.4, 0.5) is 4.79 Å². The fourth-order valence-corrected chi connectivity index (χ4v) is 3.55. The van der Waals surface area contributed by atoms with Crippen LogP contribution in [0.3, 0.4) is 0 Å². The second-order valence-corrected chi connectivity index (χ2v) is 9.25.